The van der Waals surface area contributed by atoms with E-state index in [1.807, 2.05) is 18.2 Å². The number of aromatic carboxylic acids is 1. The fourth-order valence-electron chi connectivity index (χ4n) is 3.67. The van der Waals surface area contributed by atoms with Crippen LogP contribution >= 0.6 is 11.6 Å². The van der Waals surface area contributed by atoms with E-state index < -0.39 is 37.0 Å². The summed E-state index contributed by atoms with van der Waals surface area (Å²) in [5.74, 6) is -0.367. The second kappa shape index (κ2) is 13.4. The summed E-state index contributed by atoms with van der Waals surface area (Å²) in [6, 6.07) is 14.1. The first kappa shape index (κ1) is 29.1. The van der Waals surface area contributed by atoms with Gasteiger partial charge in [-0.3, -0.25) is 4.98 Å². The Labute approximate surface area is 223 Å². The molecule has 0 aliphatic carbocycles. The molecule has 4 aromatic rings. The van der Waals surface area contributed by atoms with Gasteiger partial charge >= 0.3 is 5.97 Å². The molecular formula is C26H29ClN4O7. The molecule has 0 spiro atoms. The van der Waals surface area contributed by atoms with E-state index in [-0.39, 0.29) is 12.1 Å². The highest BCUT2D eigenvalue weighted by Crippen LogP contribution is 2.31. The molecule has 4 rings (SSSR count). The fraction of sp³-hybridized carbons (Fsp3) is 0.269. The van der Waals surface area contributed by atoms with Crippen molar-refractivity contribution in [3.8, 4) is 0 Å². The first-order chi connectivity index (χ1) is 18.2. The SMILES string of the molecule is CNC[C@H](O)[C@@H](O)[C@H](O)[C@H](O)CO.O=C(O)c1ccc2c(c1)nc(Nc1cccc(Cl)c1)c1ccncc12. The molecule has 0 saturated heterocycles. The topological polar surface area (TPSA) is 188 Å². The number of aliphatic hydroxyl groups excluding tert-OH is 5. The number of halogens is 1. The second-order valence-electron chi connectivity index (χ2n) is 8.41. The molecule has 12 heteroatoms. The van der Waals surface area contributed by atoms with Crippen molar-refractivity contribution >= 4 is 50.8 Å². The summed E-state index contributed by atoms with van der Waals surface area (Å²) in [5.41, 5.74) is 1.58. The first-order valence-corrected chi connectivity index (χ1v) is 11.9. The molecule has 0 radical (unpaired) electrons. The van der Waals surface area contributed by atoms with Crippen molar-refractivity contribution in [1.82, 2.24) is 15.3 Å². The smallest absolute Gasteiger partial charge is 0.335 e. The number of carboxylic acids is 1. The molecule has 38 heavy (non-hydrogen) atoms. The zero-order valence-electron chi connectivity index (χ0n) is 20.4. The number of aliphatic hydroxyl groups is 5. The number of hydrogen-bond acceptors (Lipinski definition) is 10. The van der Waals surface area contributed by atoms with E-state index in [0.29, 0.717) is 16.4 Å². The van der Waals surface area contributed by atoms with Crippen LogP contribution in [0.1, 0.15) is 10.4 Å². The summed E-state index contributed by atoms with van der Waals surface area (Å²) in [7, 11) is 1.57. The van der Waals surface area contributed by atoms with Gasteiger partial charge in [0, 0.05) is 45.8 Å². The molecule has 2 heterocycles. The van der Waals surface area contributed by atoms with Crippen molar-refractivity contribution in [2.45, 2.75) is 24.4 Å². The highest BCUT2D eigenvalue weighted by atomic mass is 35.5. The number of carboxylic acid groups (broad SMARTS) is 1. The average Bonchev–Trinajstić information content (AvgIpc) is 2.92. The van der Waals surface area contributed by atoms with Gasteiger partial charge in [0.25, 0.3) is 0 Å². The molecule has 0 aliphatic heterocycles. The summed E-state index contributed by atoms with van der Waals surface area (Å²) in [6.45, 7) is -0.569. The van der Waals surface area contributed by atoms with E-state index in [4.69, 9.17) is 32.0 Å². The summed E-state index contributed by atoms with van der Waals surface area (Å²) in [5, 5.41) is 63.2. The molecular weight excluding hydrogens is 516 g/mol. The lowest BCUT2D eigenvalue weighted by atomic mass is 10.0. The number of aromatic nitrogens is 2. The number of likely N-dealkylation sites (N-methyl/N-ethyl adjacent to an activating group) is 1. The van der Waals surface area contributed by atoms with Crippen LogP contribution in [0, 0.1) is 0 Å². The predicted molar refractivity (Wildman–Crippen MR) is 144 cm³/mol. The van der Waals surface area contributed by atoms with E-state index >= 15 is 0 Å². The van der Waals surface area contributed by atoms with Gasteiger partial charge in [-0.2, -0.15) is 0 Å². The number of rotatable bonds is 9. The molecule has 0 aliphatic rings. The highest BCUT2D eigenvalue weighted by molar-refractivity contribution is 6.30. The molecule has 0 unspecified atom stereocenters. The Balaban J connectivity index is 0.000000263. The lowest BCUT2D eigenvalue weighted by Crippen LogP contribution is -2.48. The Morgan fingerprint density at radius 2 is 1.71 bits per heavy atom. The number of nitrogens with one attached hydrogen (secondary N) is 2. The standard InChI is InChI=1S/C19H12ClN3O2.C7H17NO5/c20-12-2-1-3-13(9-12)22-18-15-6-7-21-10-16(15)14-5-4-11(19(24)25)8-17(14)23-18;1-8-2-4(10)6(12)7(13)5(11)3-9/h1-10H,(H,22,23)(H,24,25);4-13H,2-3H2,1H3/t;4-,5+,6+,7+/m.0/s1. The number of anilines is 2. The Morgan fingerprint density at radius 3 is 2.37 bits per heavy atom. The van der Waals surface area contributed by atoms with Crippen molar-refractivity contribution in [2.75, 3.05) is 25.5 Å². The maximum atomic E-state index is 11.3. The van der Waals surface area contributed by atoms with Gasteiger partial charge in [-0.1, -0.05) is 23.7 Å². The summed E-state index contributed by atoms with van der Waals surface area (Å²) >= 11 is 6.04. The van der Waals surface area contributed by atoms with Crippen molar-refractivity contribution in [1.29, 1.82) is 0 Å². The lowest BCUT2D eigenvalue weighted by Gasteiger charge is -2.25. The molecule has 11 nitrogen and oxygen atoms in total. The Bertz CT molecular complexity index is 1390. The third-order valence-corrected chi connectivity index (χ3v) is 5.90. The Hall–Kier alpha value is -3.42. The van der Waals surface area contributed by atoms with Crippen molar-refractivity contribution < 1.29 is 35.4 Å². The van der Waals surface area contributed by atoms with E-state index in [2.05, 4.69) is 20.6 Å². The number of nitrogens with zero attached hydrogens (tertiary/aromatic N) is 2. The average molecular weight is 545 g/mol. The van der Waals surface area contributed by atoms with Crippen LogP contribution in [0.4, 0.5) is 11.5 Å². The van der Waals surface area contributed by atoms with Gasteiger partial charge < -0.3 is 41.3 Å². The number of benzene rings is 2. The largest absolute Gasteiger partial charge is 0.478 e. The molecule has 2 aromatic carbocycles. The number of fused-ring (bicyclic) bond motifs is 3. The monoisotopic (exact) mass is 544 g/mol. The summed E-state index contributed by atoms with van der Waals surface area (Å²) in [4.78, 5) is 20.1. The van der Waals surface area contributed by atoms with Crippen LogP contribution in [0.15, 0.2) is 60.9 Å². The number of carbonyl (C=O) groups is 1. The zero-order valence-corrected chi connectivity index (χ0v) is 21.1. The van der Waals surface area contributed by atoms with Crippen molar-refractivity contribution in [3.05, 3.63) is 71.5 Å². The van der Waals surface area contributed by atoms with Crippen LogP contribution in [0.2, 0.25) is 5.02 Å². The zero-order chi connectivity index (χ0) is 27.8. The third kappa shape index (κ3) is 7.11. The van der Waals surface area contributed by atoms with Crippen molar-refractivity contribution in [2.24, 2.45) is 0 Å². The molecule has 0 fully saturated rings. The van der Waals surface area contributed by atoms with Crippen LogP contribution < -0.4 is 10.6 Å². The van der Waals surface area contributed by atoms with Crippen LogP contribution in [0.3, 0.4) is 0 Å². The van der Waals surface area contributed by atoms with Gasteiger partial charge in [-0.25, -0.2) is 9.78 Å². The molecule has 0 amide bonds. The second-order valence-corrected chi connectivity index (χ2v) is 8.85. The van der Waals surface area contributed by atoms with E-state index in [1.165, 1.54) is 0 Å². The predicted octanol–water partition coefficient (Wildman–Crippen LogP) is 1.52. The van der Waals surface area contributed by atoms with Gasteiger partial charge in [-0.05, 0) is 43.4 Å². The van der Waals surface area contributed by atoms with Gasteiger partial charge in [0.05, 0.1) is 23.8 Å². The fourth-order valence-corrected chi connectivity index (χ4v) is 3.86. The highest BCUT2D eigenvalue weighted by Gasteiger charge is 2.29. The van der Waals surface area contributed by atoms with E-state index in [9.17, 15) is 15.0 Å². The minimum atomic E-state index is -1.55. The molecule has 8 N–H and O–H groups in total. The van der Waals surface area contributed by atoms with E-state index in [1.54, 1.807) is 49.8 Å². The lowest BCUT2D eigenvalue weighted by molar-refractivity contribution is -0.113. The minimum Gasteiger partial charge on any atom is -0.478 e. The summed E-state index contributed by atoms with van der Waals surface area (Å²) < 4.78 is 0. The normalized spacial score (nSPS) is 14.3. The van der Waals surface area contributed by atoms with Crippen LogP contribution in [-0.4, -0.2) is 91.2 Å². The first-order valence-electron chi connectivity index (χ1n) is 11.6. The van der Waals surface area contributed by atoms with E-state index in [0.717, 1.165) is 21.8 Å². The van der Waals surface area contributed by atoms with Gasteiger partial charge in [0.2, 0.25) is 0 Å². The van der Waals surface area contributed by atoms with Crippen LogP contribution in [-0.2, 0) is 0 Å². The summed E-state index contributed by atoms with van der Waals surface area (Å²) in [6.07, 6.45) is -2.20. The maximum absolute atomic E-state index is 11.3. The van der Waals surface area contributed by atoms with Gasteiger partial charge in [0.1, 0.15) is 24.1 Å². The Morgan fingerprint density at radius 1 is 0.974 bits per heavy atom. The van der Waals surface area contributed by atoms with Crippen LogP contribution in [0.25, 0.3) is 21.7 Å². The van der Waals surface area contributed by atoms with Gasteiger partial charge in [0.15, 0.2) is 0 Å². The molecule has 0 saturated carbocycles. The molecule has 2 aromatic heterocycles. The number of pyridine rings is 2. The molecule has 202 valence electrons. The van der Waals surface area contributed by atoms with Gasteiger partial charge in [-0.15, -0.1) is 0 Å². The molecule has 4 atom stereocenters. The maximum Gasteiger partial charge on any atom is 0.335 e. The number of hydrogen-bond donors (Lipinski definition) is 8. The van der Waals surface area contributed by atoms with Crippen LogP contribution in [0.5, 0.6) is 0 Å². The quantitative estimate of drug-likeness (QED) is 0.143. The minimum absolute atomic E-state index is 0.0936. The van der Waals surface area contributed by atoms with Crippen molar-refractivity contribution in [3.63, 3.8) is 0 Å². The third-order valence-electron chi connectivity index (χ3n) is 5.67. The molecule has 0 bridgehead atoms. The Kier molecular flexibility index (Phi) is 10.3.